The van der Waals surface area contributed by atoms with Crippen LogP contribution in [-0.4, -0.2) is 16.1 Å². The maximum atomic E-state index is 11.2. The molecule has 1 aromatic heterocycles. The van der Waals surface area contributed by atoms with E-state index in [9.17, 15) is 9.90 Å². The van der Waals surface area contributed by atoms with Gasteiger partial charge in [0.25, 0.3) is 0 Å². The van der Waals surface area contributed by atoms with E-state index >= 15 is 0 Å². The van der Waals surface area contributed by atoms with Crippen molar-refractivity contribution < 1.29 is 9.90 Å². The minimum absolute atomic E-state index is 0.532. The Morgan fingerprint density at radius 3 is 2.94 bits per heavy atom. The van der Waals surface area contributed by atoms with Crippen molar-refractivity contribution in [3.8, 4) is 0 Å². The molecule has 0 atom stereocenters. The lowest BCUT2D eigenvalue weighted by molar-refractivity contribution is -0.132. The van der Waals surface area contributed by atoms with E-state index in [4.69, 9.17) is 0 Å². The zero-order valence-electron chi connectivity index (χ0n) is 9.84. The van der Waals surface area contributed by atoms with E-state index in [-0.39, 0.29) is 0 Å². The number of carboxylic acids is 1. The number of H-pyrrole nitrogens is 1. The molecule has 0 fully saturated rings. The number of carbonyl (C=O) groups is 1. The molecule has 1 heterocycles. The third-order valence-electron chi connectivity index (χ3n) is 3.71. The van der Waals surface area contributed by atoms with Gasteiger partial charge < -0.3 is 10.1 Å². The number of allylic oxidation sites excluding steroid dienone is 1. The molecule has 1 aromatic rings. The van der Waals surface area contributed by atoms with E-state index in [1.165, 1.54) is 22.9 Å². The first-order valence-corrected chi connectivity index (χ1v) is 6.01. The number of aliphatic carboxylic acids is 1. The van der Waals surface area contributed by atoms with Gasteiger partial charge in [0.2, 0.25) is 0 Å². The number of fused-ring (bicyclic) bond motifs is 3. The Hall–Kier alpha value is -1.77. The highest BCUT2D eigenvalue weighted by atomic mass is 16.4. The molecule has 0 aromatic carbocycles. The van der Waals surface area contributed by atoms with Crippen LogP contribution in [0, 0.1) is 0 Å². The molecule has 0 saturated carbocycles. The van der Waals surface area contributed by atoms with Gasteiger partial charge in [-0.3, -0.25) is 0 Å². The Morgan fingerprint density at radius 2 is 2.18 bits per heavy atom. The molecule has 0 radical (unpaired) electrons. The van der Waals surface area contributed by atoms with Gasteiger partial charge in [-0.25, -0.2) is 4.79 Å². The summed E-state index contributed by atoms with van der Waals surface area (Å²) in [6, 6.07) is 0. The van der Waals surface area contributed by atoms with Crippen LogP contribution >= 0.6 is 0 Å². The lowest BCUT2D eigenvalue weighted by atomic mass is 9.91. The summed E-state index contributed by atoms with van der Waals surface area (Å²) in [5, 5.41) is 11.5. The highest BCUT2D eigenvalue weighted by Gasteiger charge is 2.21. The van der Waals surface area contributed by atoms with Gasteiger partial charge in [0.1, 0.15) is 0 Å². The van der Waals surface area contributed by atoms with Crippen molar-refractivity contribution in [3.05, 3.63) is 33.0 Å². The average molecular weight is 229 g/mol. The third kappa shape index (κ3) is 1.54. The van der Waals surface area contributed by atoms with Gasteiger partial charge in [0, 0.05) is 22.7 Å². The summed E-state index contributed by atoms with van der Waals surface area (Å²) in [6.45, 7) is 1.87. The molecule has 3 rings (SSSR count). The van der Waals surface area contributed by atoms with Gasteiger partial charge in [0.15, 0.2) is 0 Å². The molecule has 17 heavy (non-hydrogen) atoms. The molecule has 2 N–H and O–H groups in total. The van der Waals surface area contributed by atoms with Crippen LogP contribution < -0.4 is 10.7 Å². The van der Waals surface area contributed by atoms with Gasteiger partial charge in [-0.15, -0.1) is 0 Å². The van der Waals surface area contributed by atoms with Crippen LogP contribution in [0.25, 0.3) is 12.2 Å². The van der Waals surface area contributed by atoms with Gasteiger partial charge in [-0.1, -0.05) is 6.08 Å². The topological polar surface area (TPSA) is 53.1 Å². The summed E-state index contributed by atoms with van der Waals surface area (Å²) in [6.07, 6.45) is 8.10. The molecular weight excluding hydrogens is 214 g/mol. The van der Waals surface area contributed by atoms with Crippen LogP contribution in [0.2, 0.25) is 0 Å². The van der Waals surface area contributed by atoms with E-state index in [2.05, 4.69) is 11.1 Å². The second kappa shape index (κ2) is 3.62. The zero-order chi connectivity index (χ0) is 12.0. The maximum absolute atomic E-state index is 11.2. The van der Waals surface area contributed by atoms with E-state index in [1.807, 2.05) is 13.0 Å². The number of hydrogen-bond donors (Lipinski definition) is 2. The van der Waals surface area contributed by atoms with Gasteiger partial charge in [0.05, 0.1) is 0 Å². The summed E-state index contributed by atoms with van der Waals surface area (Å²) in [5.41, 5.74) is 3.92. The van der Waals surface area contributed by atoms with Gasteiger partial charge in [-0.2, -0.15) is 0 Å². The summed E-state index contributed by atoms with van der Waals surface area (Å²) in [4.78, 5) is 14.6. The lowest BCUT2D eigenvalue weighted by Gasteiger charge is -2.12. The third-order valence-corrected chi connectivity index (χ3v) is 3.71. The normalized spacial score (nSPS) is 17.9. The molecule has 0 bridgehead atoms. The van der Waals surface area contributed by atoms with E-state index in [0.717, 1.165) is 23.8 Å². The zero-order valence-corrected chi connectivity index (χ0v) is 9.84. The second-order valence-electron chi connectivity index (χ2n) is 4.79. The number of rotatable bonds is 1. The highest BCUT2D eigenvalue weighted by molar-refractivity contribution is 5.91. The molecule has 3 nitrogen and oxygen atoms in total. The molecule has 88 valence electrons. The fraction of sp³-hybridized carbons (Fsp3) is 0.357. The summed E-state index contributed by atoms with van der Waals surface area (Å²) >= 11 is 0. The first-order chi connectivity index (χ1) is 8.16. The quantitative estimate of drug-likeness (QED) is 0.750. The Kier molecular flexibility index (Phi) is 2.21. The van der Waals surface area contributed by atoms with Crippen molar-refractivity contribution in [3.63, 3.8) is 0 Å². The molecule has 0 amide bonds. The van der Waals surface area contributed by atoms with Crippen LogP contribution in [0.5, 0.6) is 0 Å². The van der Waals surface area contributed by atoms with Crippen molar-refractivity contribution in [2.45, 2.75) is 32.6 Å². The standard InChI is InChI=1S/C14H15NO2/c1-8-6-13-11(7-10(8)14(16)17)9-4-2-3-5-12(9)15-13/h5-6,15H,2-4,7H2,1H3,(H,16,17). The van der Waals surface area contributed by atoms with E-state index in [0.29, 0.717) is 12.0 Å². The Morgan fingerprint density at radius 1 is 1.35 bits per heavy atom. The number of carboxylic acid groups (broad SMARTS) is 1. The molecule has 0 unspecified atom stereocenters. The predicted octanol–water partition coefficient (Wildman–Crippen LogP) is 0.869. The molecule has 0 saturated heterocycles. The van der Waals surface area contributed by atoms with Crippen molar-refractivity contribution >= 4 is 18.1 Å². The van der Waals surface area contributed by atoms with Crippen molar-refractivity contribution in [1.82, 2.24) is 4.98 Å². The van der Waals surface area contributed by atoms with E-state index < -0.39 is 5.97 Å². The van der Waals surface area contributed by atoms with Crippen LogP contribution in [0.3, 0.4) is 0 Å². The van der Waals surface area contributed by atoms with Gasteiger partial charge >= 0.3 is 5.97 Å². The Labute approximate surface area is 99.2 Å². The molecular formula is C14H15NO2. The molecule has 0 aliphatic heterocycles. The van der Waals surface area contributed by atoms with Crippen molar-refractivity contribution in [2.24, 2.45) is 0 Å². The first-order valence-electron chi connectivity index (χ1n) is 6.01. The predicted molar refractivity (Wildman–Crippen MR) is 66.0 cm³/mol. The van der Waals surface area contributed by atoms with Crippen molar-refractivity contribution in [2.75, 3.05) is 0 Å². The van der Waals surface area contributed by atoms with Crippen LogP contribution in [-0.2, 0) is 17.6 Å². The van der Waals surface area contributed by atoms with Crippen LogP contribution in [0.1, 0.15) is 30.9 Å². The fourth-order valence-electron chi connectivity index (χ4n) is 2.80. The monoisotopic (exact) mass is 229 g/mol. The minimum atomic E-state index is -0.792. The van der Waals surface area contributed by atoms with Crippen LogP contribution in [0.4, 0.5) is 0 Å². The number of nitrogens with one attached hydrogen (secondary N) is 1. The highest BCUT2D eigenvalue weighted by Crippen LogP contribution is 2.19. The Bertz CT molecular complexity index is 646. The molecule has 2 aliphatic carbocycles. The second-order valence-corrected chi connectivity index (χ2v) is 4.79. The van der Waals surface area contributed by atoms with E-state index in [1.54, 1.807) is 0 Å². The van der Waals surface area contributed by atoms with Gasteiger partial charge in [-0.05, 0) is 49.0 Å². The minimum Gasteiger partial charge on any atom is -0.478 e. The lowest BCUT2D eigenvalue weighted by Crippen LogP contribution is -2.19. The maximum Gasteiger partial charge on any atom is 0.332 e. The summed E-state index contributed by atoms with van der Waals surface area (Å²) in [7, 11) is 0. The van der Waals surface area contributed by atoms with Crippen LogP contribution in [0.15, 0.2) is 11.1 Å². The van der Waals surface area contributed by atoms with Crippen molar-refractivity contribution in [1.29, 1.82) is 0 Å². The fourth-order valence-corrected chi connectivity index (χ4v) is 2.80. The number of aromatic nitrogens is 1. The molecule has 2 aliphatic rings. The average Bonchev–Trinajstić information content (AvgIpc) is 2.64. The summed E-state index contributed by atoms with van der Waals surface area (Å²) < 4.78 is 0. The SMILES string of the molecule is CC1=C(C(=O)O)Cc2c3c([nH]c2=C1)=CCCC3. The Balaban J connectivity index is 2.22. The smallest absolute Gasteiger partial charge is 0.332 e. The molecule has 3 heteroatoms. The largest absolute Gasteiger partial charge is 0.478 e. The number of hydrogen-bond acceptors (Lipinski definition) is 1. The number of aromatic amines is 1. The summed E-state index contributed by atoms with van der Waals surface area (Å²) in [5.74, 6) is -0.792. The first kappa shape index (κ1) is 10.4. The molecule has 0 spiro atoms.